The second-order valence-corrected chi connectivity index (χ2v) is 4.01. The maximum atomic E-state index is 10.7. The SMILES string of the molecule is O=C(O)c1ccc(NCc2ccc([N+](=O)[O-])cc2)nc1. The number of anilines is 1. The second-order valence-electron chi connectivity index (χ2n) is 4.01. The van der Waals surface area contributed by atoms with Gasteiger partial charge in [-0.15, -0.1) is 0 Å². The van der Waals surface area contributed by atoms with Crippen LogP contribution < -0.4 is 5.32 Å². The van der Waals surface area contributed by atoms with E-state index in [1.165, 1.54) is 24.4 Å². The Balaban J connectivity index is 1.97. The minimum absolute atomic E-state index is 0.0395. The normalized spacial score (nSPS) is 10.0. The molecule has 0 saturated carbocycles. The molecule has 20 heavy (non-hydrogen) atoms. The van der Waals surface area contributed by atoms with Crippen molar-refractivity contribution in [1.82, 2.24) is 4.98 Å². The number of non-ortho nitro benzene ring substituents is 1. The van der Waals surface area contributed by atoms with Crippen molar-refractivity contribution in [3.05, 3.63) is 63.8 Å². The summed E-state index contributed by atoms with van der Waals surface area (Å²) in [4.78, 5) is 24.7. The summed E-state index contributed by atoms with van der Waals surface area (Å²) in [6.07, 6.45) is 1.26. The Bertz CT molecular complexity index is 566. The van der Waals surface area contributed by atoms with Crippen LogP contribution in [-0.2, 0) is 6.54 Å². The van der Waals surface area contributed by atoms with E-state index >= 15 is 0 Å². The number of nitro benzene ring substituents is 1. The molecule has 2 N–H and O–H groups in total. The molecule has 2 aromatic rings. The third-order valence-electron chi connectivity index (χ3n) is 2.63. The van der Waals surface area contributed by atoms with Crippen molar-refractivity contribution in [3.8, 4) is 0 Å². The average Bonchev–Trinajstić information content (AvgIpc) is 2.46. The van der Waals surface area contributed by atoms with E-state index in [2.05, 4.69) is 10.3 Å². The lowest BCUT2D eigenvalue weighted by Crippen LogP contribution is -2.03. The van der Waals surface area contributed by atoms with Crippen LogP contribution in [-0.4, -0.2) is 21.0 Å². The number of nitro groups is 1. The van der Waals surface area contributed by atoms with Gasteiger partial charge in [-0.3, -0.25) is 10.1 Å². The van der Waals surface area contributed by atoms with Crippen LogP contribution >= 0.6 is 0 Å². The lowest BCUT2D eigenvalue weighted by Gasteiger charge is -2.05. The Morgan fingerprint density at radius 3 is 2.45 bits per heavy atom. The quantitative estimate of drug-likeness (QED) is 0.639. The first-order valence-corrected chi connectivity index (χ1v) is 5.73. The van der Waals surface area contributed by atoms with Gasteiger partial charge in [0.1, 0.15) is 5.82 Å². The third kappa shape index (κ3) is 3.29. The number of hydrogen-bond acceptors (Lipinski definition) is 5. The molecule has 1 aromatic heterocycles. The Morgan fingerprint density at radius 1 is 1.25 bits per heavy atom. The number of pyridine rings is 1. The minimum Gasteiger partial charge on any atom is -0.478 e. The summed E-state index contributed by atoms with van der Waals surface area (Å²) in [6.45, 7) is 0.442. The number of aromatic nitrogens is 1. The molecule has 0 amide bonds. The number of benzene rings is 1. The summed E-state index contributed by atoms with van der Waals surface area (Å²) in [6, 6.07) is 9.17. The summed E-state index contributed by atoms with van der Waals surface area (Å²) in [5.41, 5.74) is 1.02. The van der Waals surface area contributed by atoms with Crippen LogP contribution in [0.1, 0.15) is 15.9 Å². The molecule has 0 aliphatic carbocycles. The van der Waals surface area contributed by atoms with E-state index in [0.29, 0.717) is 12.4 Å². The molecule has 0 fully saturated rings. The number of hydrogen-bond donors (Lipinski definition) is 2. The van der Waals surface area contributed by atoms with Crippen LogP contribution in [0.3, 0.4) is 0 Å². The van der Waals surface area contributed by atoms with Crippen LogP contribution in [0.15, 0.2) is 42.6 Å². The number of carboxylic acids is 1. The van der Waals surface area contributed by atoms with E-state index < -0.39 is 10.9 Å². The van der Waals surface area contributed by atoms with Crippen molar-refractivity contribution in [2.75, 3.05) is 5.32 Å². The van der Waals surface area contributed by atoms with Gasteiger partial charge < -0.3 is 10.4 Å². The molecule has 1 aromatic carbocycles. The first-order chi connectivity index (χ1) is 9.56. The van der Waals surface area contributed by atoms with Gasteiger partial charge in [-0.25, -0.2) is 9.78 Å². The molecule has 0 spiro atoms. The molecule has 7 heteroatoms. The number of nitrogens with zero attached hydrogens (tertiary/aromatic N) is 2. The molecule has 0 atom stereocenters. The molecule has 0 radical (unpaired) electrons. The van der Waals surface area contributed by atoms with Gasteiger partial charge in [-0.2, -0.15) is 0 Å². The topological polar surface area (TPSA) is 105 Å². The van der Waals surface area contributed by atoms with Crippen LogP contribution in [0, 0.1) is 10.1 Å². The lowest BCUT2D eigenvalue weighted by molar-refractivity contribution is -0.384. The van der Waals surface area contributed by atoms with Gasteiger partial charge in [0.05, 0.1) is 10.5 Å². The molecule has 2 rings (SSSR count). The predicted molar refractivity (Wildman–Crippen MR) is 71.6 cm³/mol. The fraction of sp³-hybridized carbons (Fsp3) is 0.0769. The highest BCUT2D eigenvalue weighted by atomic mass is 16.6. The fourth-order valence-electron chi connectivity index (χ4n) is 1.55. The van der Waals surface area contributed by atoms with Crippen molar-refractivity contribution < 1.29 is 14.8 Å². The van der Waals surface area contributed by atoms with E-state index in [0.717, 1.165) is 5.56 Å². The zero-order valence-corrected chi connectivity index (χ0v) is 10.3. The number of aromatic carboxylic acids is 1. The molecular weight excluding hydrogens is 262 g/mol. The standard InChI is InChI=1S/C13H11N3O4/c17-13(18)10-3-6-12(15-8-10)14-7-9-1-4-11(5-2-9)16(19)20/h1-6,8H,7H2,(H,14,15)(H,17,18). The molecule has 0 aliphatic heterocycles. The number of rotatable bonds is 5. The number of carboxylic acid groups (broad SMARTS) is 1. The zero-order chi connectivity index (χ0) is 14.5. The Kier molecular flexibility index (Phi) is 3.90. The average molecular weight is 273 g/mol. The third-order valence-corrected chi connectivity index (χ3v) is 2.63. The Labute approximate surface area is 114 Å². The molecule has 0 saturated heterocycles. The van der Waals surface area contributed by atoms with Crippen molar-refractivity contribution in [1.29, 1.82) is 0 Å². The van der Waals surface area contributed by atoms with Crippen molar-refractivity contribution >= 4 is 17.5 Å². The van der Waals surface area contributed by atoms with Gasteiger partial charge in [-0.1, -0.05) is 12.1 Å². The zero-order valence-electron chi connectivity index (χ0n) is 10.3. The smallest absolute Gasteiger partial charge is 0.337 e. The highest BCUT2D eigenvalue weighted by molar-refractivity contribution is 5.87. The van der Waals surface area contributed by atoms with E-state index in [9.17, 15) is 14.9 Å². The summed E-state index contributed by atoms with van der Waals surface area (Å²) in [5, 5.41) is 22.3. The second kappa shape index (κ2) is 5.79. The van der Waals surface area contributed by atoms with Crippen LogP contribution in [0.25, 0.3) is 0 Å². The molecule has 0 aliphatic rings. The van der Waals surface area contributed by atoms with Crippen molar-refractivity contribution in [2.24, 2.45) is 0 Å². The van der Waals surface area contributed by atoms with Gasteiger partial charge in [0.15, 0.2) is 0 Å². The molecule has 0 bridgehead atoms. The van der Waals surface area contributed by atoms with Gasteiger partial charge >= 0.3 is 5.97 Å². The Morgan fingerprint density at radius 2 is 1.95 bits per heavy atom. The summed E-state index contributed by atoms with van der Waals surface area (Å²) < 4.78 is 0. The number of carbonyl (C=O) groups is 1. The summed E-state index contributed by atoms with van der Waals surface area (Å²) in [5.74, 6) is -0.493. The Hall–Kier alpha value is -2.96. The monoisotopic (exact) mass is 273 g/mol. The minimum atomic E-state index is -1.03. The summed E-state index contributed by atoms with van der Waals surface area (Å²) >= 11 is 0. The van der Waals surface area contributed by atoms with E-state index in [-0.39, 0.29) is 11.3 Å². The van der Waals surface area contributed by atoms with Gasteiger partial charge in [0.2, 0.25) is 0 Å². The molecule has 0 unspecified atom stereocenters. The fourth-order valence-corrected chi connectivity index (χ4v) is 1.55. The van der Waals surface area contributed by atoms with Crippen LogP contribution in [0.4, 0.5) is 11.5 Å². The molecule has 102 valence electrons. The molecule has 1 heterocycles. The molecule has 7 nitrogen and oxygen atoms in total. The number of nitrogens with one attached hydrogen (secondary N) is 1. The van der Waals surface area contributed by atoms with Crippen LogP contribution in [0.2, 0.25) is 0 Å². The van der Waals surface area contributed by atoms with E-state index in [1.54, 1.807) is 18.2 Å². The van der Waals surface area contributed by atoms with Gasteiger partial charge in [0, 0.05) is 24.9 Å². The lowest BCUT2D eigenvalue weighted by atomic mass is 10.2. The van der Waals surface area contributed by atoms with Crippen LogP contribution in [0.5, 0.6) is 0 Å². The van der Waals surface area contributed by atoms with Crippen molar-refractivity contribution in [2.45, 2.75) is 6.54 Å². The van der Waals surface area contributed by atoms with Crippen molar-refractivity contribution in [3.63, 3.8) is 0 Å². The largest absolute Gasteiger partial charge is 0.478 e. The first kappa shape index (κ1) is 13.5. The highest BCUT2D eigenvalue weighted by Gasteiger charge is 2.05. The highest BCUT2D eigenvalue weighted by Crippen LogP contribution is 2.13. The van der Waals surface area contributed by atoms with Gasteiger partial charge in [-0.05, 0) is 17.7 Å². The van der Waals surface area contributed by atoms with E-state index in [4.69, 9.17) is 5.11 Å². The predicted octanol–water partition coefficient (Wildman–Crippen LogP) is 2.30. The maximum Gasteiger partial charge on any atom is 0.337 e. The first-order valence-electron chi connectivity index (χ1n) is 5.73. The van der Waals surface area contributed by atoms with E-state index in [1.807, 2.05) is 0 Å². The van der Waals surface area contributed by atoms with Gasteiger partial charge in [0.25, 0.3) is 5.69 Å². The molecular formula is C13H11N3O4. The maximum absolute atomic E-state index is 10.7. The summed E-state index contributed by atoms with van der Waals surface area (Å²) in [7, 11) is 0.